The first-order chi connectivity index (χ1) is 12.5. The van der Waals surface area contributed by atoms with E-state index in [-0.39, 0.29) is 18.7 Å². The van der Waals surface area contributed by atoms with Crippen molar-refractivity contribution in [3.8, 4) is 11.8 Å². The molecule has 0 bridgehead atoms. The molecule has 0 aliphatic heterocycles. The first-order valence-electron chi connectivity index (χ1n) is 7.67. The van der Waals surface area contributed by atoms with Gasteiger partial charge in [-0.1, -0.05) is 24.3 Å². The van der Waals surface area contributed by atoms with Crippen molar-refractivity contribution in [1.82, 2.24) is 0 Å². The van der Waals surface area contributed by atoms with Gasteiger partial charge in [0.25, 0.3) is 5.69 Å². The van der Waals surface area contributed by atoms with Crippen LogP contribution in [0.5, 0.6) is 5.75 Å². The number of para-hydroxylation sites is 1. The Labute approximate surface area is 149 Å². The van der Waals surface area contributed by atoms with Gasteiger partial charge in [0.05, 0.1) is 10.5 Å². The van der Waals surface area contributed by atoms with Crippen LogP contribution in [0.3, 0.4) is 0 Å². The third-order valence-corrected chi connectivity index (χ3v) is 3.49. The number of nitrogens with zero attached hydrogens (tertiary/aromatic N) is 2. The normalized spacial score (nSPS) is 11.2. The van der Waals surface area contributed by atoms with Crippen molar-refractivity contribution < 1.29 is 24.3 Å². The largest absolute Gasteiger partial charge is 0.489 e. The second kappa shape index (κ2) is 9.15. The number of aliphatic hydroxyl groups excluding tert-OH is 1. The maximum atomic E-state index is 11.4. The number of carbonyl (C=O) groups excluding carboxylic acids is 1. The molecule has 0 spiro atoms. The van der Waals surface area contributed by atoms with Crippen molar-refractivity contribution >= 4 is 11.7 Å². The number of rotatable bonds is 8. The molecular formula is C18H16N2O6. The molecule has 0 heterocycles. The minimum absolute atomic E-state index is 0.0110. The highest BCUT2D eigenvalue weighted by Gasteiger charge is 2.17. The van der Waals surface area contributed by atoms with Crippen LogP contribution in [0.25, 0.3) is 0 Å². The van der Waals surface area contributed by atoms with E-state index in [0.29, 0.717) is 16.9 Å². The molecule has 0 unspecified atom stereocenters. The SMILES string of the molecule is N#CCOC(=O)[C@@H](O)Cc1ccc(OCc2ccccc2[N+](=O)[O-])cc1. The van der Waals surface area contributed by atoms with Gasteiger partial charge in [0, 0.05) is 12.5 Å². The van der Waals surface area contributed by atoms with E-state index in [9.17, 15) is 20.0 Å². The Bertz CT molecular complexity index is 813. The van der Waals surface area contributed by atoms with Gasteiger partial charge in [-0.2, -0.15) is 5.26 Å². The molecule has 26 heavy (non-hydrogen) atoms. The topological polar surface area (TPSA) is 123 Å². The molecule has 0 fully saturated rings. The molecule has 134 valence electrons. The van der Waals surface area contributed by atoms with E-state index in [2.05, 4.69) is 4.74 Å². The molecule has 0 amide bonds. The molecule has 2 aromatic carbocycles. The molecule has 0 saturated carbocycles. The van der Waals surface area contributed by atoms with E-state index < -0.39 is 23.6 Å². The maximum Gasteiger partial charge on any atom is 0.336 e. The van der Waals surface area contributed by atoms with Crippen LogP contribution in [0.15, 0.2) is 48.5 Å². The Morgan fingerprint density at radius 1 is 1.23 bits per heavy atom. The molecule has 2 aromatic rings. The van der Waals surface area contributed by atoms with Crippen molar-refractivity contribution in [1.29, 1.82) is 5.26 Å². The number of nitro benzene ring substituents is 1. The van der Waals surface area contributed by atoms with Gasteiger partial charge in [-0.05, 0) is 23.8 Å². The van der Waals surface area contributed by atoms with Crippen molar-refractivity contribution in [2.24, 2.45) is 0 Å². The van der Waals surface area contributed by atoms with Crippen LogP contribution in [0, 0.1) is 21.4 Å². The second-order valence-corrected chi connectivity index (χ2v) is 5.30. The lowest BCUT2D eigenvalue weighted by molar-refractivity contribution is -0.385. The lowest BCUT2D eigenvalue weighted by Gasteiger charge is -2.10. The van der Waals surface area contributed by atoms with E-state index in [0.717, 1.165) is 0 Å². The van der Waals surface area contributed by atoms with Crippen LogP contribution in [0.4, 0.5) is 5.69 Å². The van der Waals surface area contributed by atoms with Crippen LogP contribution in [0.1, 0.15) is 11.1 Å². The Morgan fingerprint density at radius 3 is 2.58 bits per heavy atom. The zero-order chi connectivity index (χ0) is 18.9. The summed E-state index contributed by atoms with van der Waals surface area (Å²) in [5.74, 6) is -0.364. The minimum atomic E-state index is -1.36. The predicted octanol–water partition coefficient (Wildman–Crippen LogP) is 2.14. The molecule has 0 saturated heterocycles. The highest BCUT2D eigenvalue weighted by Crippen LogP contribution is 2.21. The fourth-order valence-electron chi connectivity index (χ4n) is 2.20. The number of hydrogen-bond acceptors (Lipinski definition) is 7. The number of hydrogen-bond donors (Lipinski definition) is 1. The lowest BCUT2D eigenvalue weighted by Crippen LogP contribution is -2.25. The van der Waals surface area contributed by atoms with E-state index in [4.69, 9.17) is 10.00 Å². The number of esters is 1. The van der Waals surface area contributed by atoms with E-state index in [1.807, 2.05) is 0 Å². The first kappa shape index (κ1) is 18.9. The van der Waals surface area contributed by atoms with Gasteiger partial charge in [0.1, 0.15) is 18.4 Å². The summed E-state index contributed by atoms with van der Waals surface area (Å²) in [7, 11) is 0. The summed E-state index contributed by atoms with van der Waals surface area (Å²) >= 11 is 0. The number of nitro groups is 1. The van der Waals surface area contributed by atoms with Crippen molar-refractivity contribution in [2.75, 3.05) is 6.61 Å². The third kappa shape index (κ3) is 5.29. The Balaban J connectivity index is 1.93. The average molecular weight is 356 g/mol. The molecule has 0 radical (unpaired) electrons. The number of carbonyl (C=O) groups is 1. The predicted molar refractivity (Wildman–Crippen MR) is 90.2 cm³/mol. The molecular weight excluding hydrogens is 340 g/mol. The average Bonchev–Trinajstić information content (AvgIpc) is 2.65. The Hall–Kier alpha value is -3.44. The van der Waals surface area contributed by atoms with Crippen molar-refractivity contribution in [2.45, 2.75) is 19.1 Å². The highest BCUT2D eigenvalue weighted by molar-refractivity contribution is 5.74. The van der Waals surface area contributed by atoms with Crippen LogP contribution >= 0.6 is 0 Å². The summed E-state index contributed by atoms with van der Waals surface area (Å²) in [6, 6.07) is 14.6. The number of ether oxygens (including phenoxy) is 2. The minimum Gasteiger partial charge on any atom is -0.489 e. The molecule has 1 N–H and O–H groups in total. The molecule has 0 aromatic heterocycles. The molecule has 0 aliphatic rings. The van der Waals surface area contributed by atoms with Gasteiger partial charge in [-0.25, -0.2) is 4.79 Å². The summed E-state index contributed by atoms with van der Waals surface area (Å²) in [5.41, 5.74) is 1.12. The molecule has 2 rings (SSSR count). The Kier molecular flexibility index (Phi) is 6.65. The first-order valence-corrected chi connectivity index (χ1v) is 7.67. The third-order valence-electron chi connectivity index (χ3n) is 3.49. The smallest absolute Gasteiger partial charge is 0.336 e. The van der Waals surface area contributed by atoms with Crippen LogP contribution < -0.4 is 4.74 Å². The van der Waals surface area contributed by atoms with Gasteiger partial charge < -0.3 is 14.6 Å². The van der Waals surface area contributed by atoms with Crippen LogP contribution in [-0.2, 0) is 22.6 Å². The number of benzene rings is 2. The standard InChI is InChI=1S/C18H16N2O6/c19-9-10-25-18(22)17(21)11-13-5-7-15(8-6-13)26-12-14-3-1-2-4-16(14)20(23)24/h1-8,17,21H,10-12H2/t17-/m0/s1. The molecule has 8 heteroatoms. The number of nitriles is 1. The van der Waals surface area contributed by atoms with Gasteiger partial charge in [-0.15, -0.1) is 0 Å². The summed E-state index contributed by atoms with van der Waals surface area (Å²) < 4.78 is 10.1. The van der Waals surface area contributed by atoms with Crippen LogP contribution in [0.2, 0.25) is 0 Å². The number of aliphatic hydroxyl groups is 1. The van der Waals surface area contributed by atoms with Gasteiger partial charge in [-0.3, -0.25) is 10.1 Å². The monoisotopic (exact) mass is 356 g/mol. The zero-order valence-corrected chi connectivity index (χ0v) is 13.7. The Morgan fingerprint density at radius 2 is 1.92 bits per heavy atom. The second-order valence-electron chi connectivity index (χ2n) is 5.30. The maximum absolute atomic E-state index is 11.4. The van der Waals surface area contributed by atoms with E-state index in [1.165, 1.54) is 6.07 Å². The summed E-state index contributed by atoms with van der Waals surface area (Å²) in [5, 5.41) is 29.0. The summed E-state index contributed by atoms with van der Waals surface area (Å²) in [6.07, 6.45) is -1.32. The van der Waals surface area contributed by atoms with Gasteiger partial charge >= 0.3 is 5.97 Å². The van der Waals surface area contributed by atoms with Crippen LogP contribution in [-0.4, -0.2) is 28.7 Å². The summed E-state index contributed by atoms with van der Waals surface area (Å²) in [6.45, 7) is -0.367. The lowest BCUT2D eigenvalue weighted by atomic mass is 10.1. The highest BCUT2D eigenvalue weighted by atomic mass is 16.6. The van der Waals surface area contributed by atoms with Crippen molar-refractivity contribution in [3.63, 3.8) is 0 Å². The van der Waals surface area contributed by atoms with Crippen molar-refractivity contribution in [3.05, 3.63) is 69.8 Å². The van der Waals surface area contributed by atoms with Gasteiger partial charge in [0.2, 0.25) is 0 Å². The quantitative estimate of drug-likeness (QED) is 0.437. The van der Waals surface area contributed by atoms with E-state index >= 15 is 0 Å². The molecule has 8 nitrogen and oxygen atoms in total. The summed E-state index contributed by atoms with van der Waals surface area (Å²) in [4.78, 5) is 21.9. The zero-order valence-electron chi connectivity index (χ0n) is 13.7. The molecule has 1 atom stereocenters. The molecule has 0 aliphatic carbocycles. The fourth-order valence-corrected chi connectivity index (χ4v) is 2.20. The van der Waals surface area contributed by atoms with Gasteiger partial charge in [0.15, 0.2) is 12.7 Å². The van der Waals surface area contributed by atoms with E-state index in [1.54, 1.807) is 48.5 Å². The fraction of sp³-hybridized carbons (Fsp3) is 0.222.